The first kappa shape index (κ1) is 14.2. The summed E-state index contributed by atoms with van der Waals surface area (Å²) in [5, 5.41) is 0. The first-order chi connectivity index (χ1) is 8.27. The Morgan fingerprint density at radius 3 is 2.29 bits per heavy atom. The van der Waals surface area contributed by atoms with Crippen LogP contribution in [-0.2, 0) is 0 Å². The zero-order chi connectivity index (χ0) is 12.5. The monoisotopic (exact) mass is 233 g/mol. The molecule has 1 aromatic heterocycles. The highest BCUT2D eigenvalue weighted by molar-refractivity contribution is 5.15. The Hall–Kier alpha value is -0.850. The molecule has 1 nitrogen and oxygen atoms in total. The Kier molecular flexibility index (Phi) is 6.91. The highest BCUT2D eigenvalue weighted by atomic mass is 14.7. The van der Waals surface area contributed by atoms with Gasteiger partial charge in [0.2, 0.25) is 0 Å². The first-order valence-corrected chi connectivity index (χ1v) is 7.20. The number of aromatic nitrogens is 1. The van der Waals surface area contributed by atoms with Crippen LogP contribution >= 0.6 is 0 Å². The zero-order valence-corrected chi connectivity index (χ0v) is 11.7. The van der Waals surface area contributed by atoms with Gasteiger partial charge in [0.1, 0.15) is 0 Å². The molecule has 1 aromatic rings. The molecule has 0 saturated heterocycles. The van der Waals surface area contributed by atoms with Crippen LogP contribution in [0.2, 0.25) is 0 Å². The lowest BCUT2D eigenvalue weighted by Crippen LogP contribution is -2.02. The number of pyridine rings is 1. The van der Waals surface area contributed by atoms with Crippen molar-refractivity contribution in [2.24, 2.45) is 0 Å². The summed E-state index contributed by atoms with van der Waals surface area (Å²) in [5.74, 6) is 0.682. The molecular weight excluding hydrogens is 206 g/mol. The molecule has 0 aliphatic heterocycles. The molecule has 0 amide bonds. The van der Waals surface area contributed by atoms with E-state index in [1.54, 1.807) is 0 Å². The normalized spacial score (nSPS) is 12.6. The van der Waals surface area contributed by atoms with Crippen LogP contribution < -0.4 is 0 Å². The third-order valence-corrected chi connectivity index (χ3v) is 3.41. The summed E-state index contributed by atoms with van der Waals surface area (Å²) >= 11 is 0. The van der Waals surface area contributed by atoms with Crippen LogP contribution in [0.4, 0.5) is 0 Å². The maximum atomic E-state index is 4.61. The SMILES string of the molecule is CCCCCC(CCCC)c1ccc(C)cn1. The summed E-state index contributed by atoms with van der Waals surface area (Å²) in [4.78, 5) is 4.61. The molecule has 0 aliphatic carbocycles. The Bertz CT molecular complexity index is 289. The first-order valence-electron chi connectivity index (χ1n) is 7.20. The standard InChI is InChI=1S/C16H27N/c1-4-6-8-10-15(9-7-5-2)16-12-11-14(3)13-17-16/h11-13,15H,4-10H2,1-3H3. The number of nitrogens with zero attached hydrogens (tertiary/aromatic N) is 1. The van der Waals surface area contributed by atoms with E-state index in [4.69, 9.17) is 0 Å². The molecule has 1 heterocycles. The van der Waals surface area contributed by atoms with E-state index < -0.39 is 0 Å². The lowest BCUT2D eigenvalue weighted by Gasteiger charge is -2.16. The van der Waals surface area contributed by atoms with E-state index >= 15 is 0 Å². The molecule has 0 radical (unpaired) electrons. The third kappa shape index (κ3) is 5.34. The predicted octanol–water partition coefficient (Wildman–Crippen LogP) is 5.24. The molecule has 0 N–H and O–H groups in total. The molecule has 96 valence electrons. The largest absolute Gasteiger partial charge is 0.261 e. The van der Waals surface area contributed by atoms with Gasteiger partial charge in [0, 0.05) is 17.8 Å². The van der Waals surface area contributed by atoms with Crippen molar-refractivity contribution in [3.05, 3.63) is 29.6 Å². The van der Waals surface area contributed by atoms with E-state index in [0.29, 0.717) is 5.92 Å². The third-order valence-electron chi connectivity index (χ3n) is 3.41. The molecule has 1 unspecified atom stereocenters. The Morgan fingerprint density at radius 2 is 1.71 bits per heavy atom. The molecule has 0 aromatic carbocycles. The van der Waals surface area contributed by atoms with Gasteiger partial charge in [-0.1, -0.05) is 52.0 Å². The second-order valence-corrected chi connectivity index (χ2v) is 5.10. The van der Waals surface area contributed by atoms with Gasteiger partial charge in [-0.15, -0.1) is 0 Å². The van der Waals surface area contributed by atoms with Gasteiger partial charge < -0.3 is 0 Å². The average Bonchev–Trinajstić information content (AvgIpc) is 2.35. The minimum absolute atomic E-state index is 0.682. The van der Waals surface area contributed by atoms with Crippen molar-refractivity contribution in [2.75, 3.05) is 0 Å². The van der Waals surface area contributed by atoms with E-state index in [2.05, 4.69) is 37.9 Å². The number of aryl methyl sites for hydroxylation is 1. The molecule has 0 saturated carbocycles. The van der Waals surface area contributed by atoms with Crippen LogP contribution in [-0.4, -0.2) is 4.98 Å². The van der Waals surface area contributed by atoms with Crippen LogP contribution in [0.5, 0.6) is 0 Å². The van der Waals surface area contributed by atoms with Gasteiger partial charge >= 0.3 is 0 Å². The lowest BCUT2D eigenvalue weighted by atomic mass is 9.92. The maximum absolute atomic E-state index is 4.61. The maximum Gasteiger partial charge on any atom is 0.0434 e. The van der Waals surface area contributed by atoms with E-state index in [1.165, 1.54) is 56.2 Å². The predicted molar refractivity (Wildman–Crippen MR) is 75.4 cm³/mol. The molecule has 17 heavy (non-hydrogen) atoms. The highest BCUT2D eigenvalue weighted by Crippen LogP contribution is 2.26. The van der Waals surface area contributed by atoms with Crippen molar-refractivity contribution in [3.8, 4) is 0 Å². The topological polar surface area (TPSA) is 12.9 Å². The van der Waals surface area contributed by atoms with Crippen molar-refractivity contribution in [2.45, 2.75) is 71.6 Å². The number of hydrogen-bond donors (Lipinski definition) is 0. The zero-order valence-electron chi connectivity index (χ0n) is 11.7. The fourth-order valence-corrected chi connectivity index (χ4v) is 2.25. The molecule has 0 fully saturated rings. The van der Waals surface area contributed by atoms with Crippen LogP contribution in [0.3, 0.4) is 0 Å². The van der Waals surface area contributed by atoms with Crippen molar-refractivity contribution < 1.29 is 0 Å². The highest BCUT2D eigenvalue weighted by Gasteiger charge is 2.11. The molecule has 0 aliphatic rings. The second-order valence-electron chi connectivity index (χ2n) is 5.10. The molecule has 0 spiro atoms. The van der Waals surface area contributed by atoms with Gasteiger partial charge in [0.05, 0.1) is 0 Å². The van der Waals surface area contributed by atoms with E-state index in [9.17, 15) is 0 Å². The van der Waals surface area contributed by atoms with Crippen LogP contribution in [0.15, 0.2) is 18.3 Å². The number of unbranched alkanes of at least 4 members (excludes halogenated alkanes) is 3. The minimum Gasteiger partial charge on any atom is -0.261 e. The van der Waals surface area contributed by atoms with Crippen LogP contribution in [0.25, 0.3) is 0 Å². The molecule has 1 rings (SSSR count). The molecule has 1 heteroatoms. The summed E-state index contributed by atoms with van der Waals surface area (Å²) in [6.45, 7) is 6.64. The summed E-state index contributed by atoms with van der Waals surface area (Å²) in [6, 6.07) is 4.42. The van der Waals surface area contributed by atoms with E-state index in [-0.39, 0.29) is 0 Å². The minimum atomic E-state index is 0.682. The van der Waals surface area contributed by atoms with Crippen LogP contribution in [0.1, 0.15) is 76.0 Å². The van der Waals surface area contributed by atoms with Gasteiger partial charge in [-0.05, 0) is 31.4 Å². The Labute approximate surface area is 107 Å². The Morgan fingerprint density at radius 1 is 1.00 bits per heavy atom. The van der Waals surface area contributed by atoms with Crippen molar-refractivity contribution in [1.29, 1.82) is 0 Å². The van der Waals surface area contributed by atoms with Gasteiger partial charge in [0.15, 0.2) is 0 Å². The van der Waals surface area contributed by atoms with Gasteiger partial charge in [-0.25, -0.2) is 0 Å². The van der Waals surface area contributed by atoms with Gasteiger partial charge in [-0.3, -0.25) is 4.98 Å². The fraction of sp³-hybridized carbons (Fsp3) is 0.688. The Balaban J connectivity index is 2.57. The van der Waals surface area contributed by atoms with E-state index in [0.717, 1.165) is 0 Å². The van der Waals surface area contributed by atoms with Crippen molar-refractivity contribution in [1.82, 2.24) is 4.98 Å². The smallest absolute Gasteiger partial charge is 0.0434 e. The second kappa shape index (κ2) is 8.27. The van der Waals surface area contributed by atoms with Gasteiger partial charge in [-0.2, -0.15) is 0 Å². The summed E-state index contributed by atoms with van der Waals surface area (Å²) < 4.78 is 0. The average molecular weight is 233 g/mol. The van der Waals surface area contributed by atoms with Crippen molar-refractivity contribution >= 4 is 0 Å². The van der Waals surface area contributed by atoms with Crippen LogP contribution in [0, 0.1) is 6.92 Å². The molecule has 0 bridgehead atoms. The van der Waals surface area contributed by atoms with Gasteiger partial charge in [0.25, 0.3) is 0 Å². The van der Waals surface area contributed by atoms with E-state index in [1.807, 2.05) is 6.20 Å². The number of hydrogen-bond acceptors (Lipinski definition) is 1. The molecule has 1 atom stereocenters. The molecular formula is C16H27N. The number of rotatable bonds is 8. The fourth-order valence-electron chi connectivity index (χ4n) is 2.25. The summed E-state index contributed by atoms with van der Waals surface area (Å²) in [7, 11) is 0. The lowest BCUT2D eigenvalue weighted by molar-refractivity contribution is 0.506. The summed E-state index contributed by atoms with van der Waals surface area (Å²) in [6.07, 6.45) is 11.2. The van der Waals surface area contributed by atoms with Crippen molar-refractivity contribution in [3.63, 3.8) is 0 Å². The quantitative estimate of drug-likeness (QED) is 0.559. The summed E-state index contributed by atoms with van der Waals surface area (Å²) in [5.41, 5.74) is 2.57.